The molecule has 0 spiro atoms. The molecule has 162 valence electrons. The highest BCUT2D eigenvalue weighted by Gasteiger charge is 2.24. The van der Waals surface area contributed by atoms with Gasteiger partial charge >= 0.3 is 5.97 Å². The Bertz CT molecular complexity index is 1360. The second-order valence-corrected chi connectivity index (χ2v) is 10.1. The maximum absolute atomic E-state index is 13.5. The minimum absolute atomic E-state index is 0.0951. The minimum Gasteiger partial charge on any atom is -0.494 e. The maximum Gasteiger partial charge on any atom is 0.303 e. The Morgan fingerprint density at radius 1 is 1.23 bits per heavy atom. The van der Waals surface area contributed by atoms with Crippen LogP contribution in [0, 0.1) is 0 Å². The van der Waals surface area contributed by atoms with Crippen LogP contribution < -0.4 is 4.74 Å². The molecule has 1 aromatic carbocycles. The quantitative estimate of drug-likeness (QED) is 0.430. The summed E-state index contributed by atoms with van der Waals surface area (Å²) in [6.45, 7) is 2.34. The molecule has 0 aliphatic heterocycles. The Balaban J connectivity index is 1.80. The molecule has 0 aliphatic rings. The highest BCUT2D eigenvalue weighted by molar-refractivity contribution is 7.92. The van der Waals surface area contributed by atoms with Gasteiger partial charge in [0.15, 0.2) is 0 Å². The molecule has 0 saturated heterocycles. The highest BCUT2D eigenvalue weighted by atomic mass is 32.2. The van der Waals surface area contributed by atoms with Crippen molar-refractivity contribution in [1.29, 1.82) is 0 Å². The average molecular weight is 460 g/mol. The number of thiophene rings is 1. The van der Waals surface area contributed by atoms with Gasteiger partial charge in [-0.15, -0.1) is 11.3 Å². The molecule has 3 heterocycles. The number of rotatable bonds is 8. The number of aryl methyl sites for hydroxylation is 2. The summed E-state index contributed by atoms with van der Waals surface area (Å²) in [5.41, 5.74) is 1.97. The number of carbonyl (C=O) groups is 1. The number of nitrogens with zero attached hydrogens (tertiary/aromatic N) is 3. The largest absolute Gasteiger partial charge is 0.494 e. The third-order valence-electron chi connectivity index (χ3n) is 4.83. The molecule has 31 heavy (non-hydrogen) atoms. The number of aliphatic carboxylic acids is 1. The first-order valence-corrected chi connectivity index (χ1v) is 11.9. The highest BCUT2D eigenvalue weighted by Crippen LogP contribution is 2.35. The molecule has 3 aromatic heterocycles. The van der Waals surface area contributed by atoms with Gasteiger partial charge in [0.2, 0.25) is 0 Å². The Hall–Kier alpha value is -3.11. The van der Waals surface area contributed by atoms with E-state index in [0.717, 1.165) is 10.4 Å². The second kappa shape index (κ2) is 8.20. The molecule has 0 radical (unpaired) electrons. The summed E-state index contributed by atoms with van der Waals surface area (Å²) in [7, 11) is -2.07. The van der Waals surface area contributed by atoms with Crippen molar-refractivity contribution in [3.63, 3.8) is 0 Å². The van der Waals surface area contributed by atoms with Crippen LogP contribution >= 0.6 is 11.3 Å². The van der Waals surface area contributed by atoms with Crippen molar-refractivity contribution < 1.29 is 23.1 Å². The molecule has 0 atom stereocenters. The molecule has 0 bridgehead atoms. The zero-order valence-electron chi connectivity index (χ0n) is 17.0. The van der Waals surface area contributed by atoms with Crippen molar-refractivity contribution >= 4 is 38.2 Å². The van der Waals surface area contributed by atoms with Crippen LogP contribution in [0.5, 0.6) is 5.75 Å². The molecular formula is C21H21N3O5S2. The van der Waals surface area contributed by atoms with E-state index in [2.05, 4.69) is 5.10 Å². The Morgan fingerprint density at radius 2 is 2.03 bits per heavy atom. The van der Waals surface area contributed by atoms with Crippen LogP contribution in [0.3, 0.4) is 0 Å². The van der Waals surface area contributed by atoms with Gasteiger partial charge in [0.25, 0.3) is 10.0 Å². The van der Waals surface area contributed by atoms with Gasteiger partial charge in [-0.1, -0.05) is 0 Å². The number of benzene rings is 1. The molecule has 10 heteroatoms. The summed E-state index contributed by atoms with van der Waals surface area (Å²) in [6, 6.07) is 8.52. The number of carboxylic acids is 1. The number of hydrogen-bond acceptors (Lipinski definition) is 6. The lowest BCUT2D eigenvalue weighted by Crippen LogP contribution is -2.10. The second-order valence-electron chi connectivity index (χ2n) is 6.98. The molecule has 4 rings (SSSR count). The first kappa shape index (κ1) is 21.1. The van der Waals surface area contributed by atoms with Crippen LogP contribution in [0.4, 0.5) is 0 Å². The number of ether oxygens (including phenoxy) is 1. The van der Waals surface area contributed by atoms with E-state index >= 15 is 0 Å². The zero-order chi connectivity index (χ0) is 22.2. The van der Waals surface area contributed by atoms with E-state index < -0.39 is 16.0 Å². The van der Waals surface area contributed by atoms with Gasteiger partial charge in [-0.2, -0.15) is 13.5 Å². The van der Waals surface area contributed by atoms with Gasteiger partial charge in [0, 0.05) is 41.7 Å². The molecule has 0 aliphatic carbocycles. The van der Waals surface area contributed by atoms with Crippen LogP contribution in [0.15, 0.2) is 53.1 Å². The van der Waals surface area contributed by atoms with Crippen LogP contribution in [-0.2, 0) is 28.3 Å². The predicted octanol–water partition coefficient (Wildman–Crippen LogP) is 3.76. The Morgan fingerprint density at radius 3 is 2.71 bits per heavy atom. The predicted molar refractivity (Wildman–Crippen MR) is 118 cm³/mol. The SMILES string of the molecule is CCOc1ccc2c(c1)c(CCC(=O)O)cn2S(=O)(=O)c1ccc(-c2cnn(C)c2)s1. The van der Waals surface area contributed by atoms with Crippen molar-refractivity contribution in [3.8, 4) is 16.2 Å². The first-order valence-electron chi connectivity index (χ1n) is 9.62. The smallest absolute Gasteiger partial charge is 0.303 e. The van der Waals surface area contributed by atoms with Gasteiger partial charge in [-0.05, 0) is 49.2 Å². The zero-order valence-corrected chi connectivity index (χ0v) is 18.6. The Labute approximate surface area is 183 Å². The number of aromatic nitrogens is 3. The van der Waals surface area contributed by atoms with Gasteiger partial charge in [-0.3, -0.25) is 9.48 Å². The summed E-state index contributed by atoms with van der Waals surface area (Å²) >= 11 is 1.17. The summed E-state index contributed by atoms with van der Waals surface area (Å²) < 4.78 is 35.6. The van der Waals surface area contributed by atoms with E-state index in [0.29, 0.717) is 28.8 Å². The molecular weight excluding hydrogens is 438 g/mol. The van der Waals surface area contributed by atoms with Crippen molar-refractivity contribution in [2.45, 2.75) is 24.0 Å². The monoisotopic (exact) mass is 459 g/mol. The third-order valence-corrected chi connectivity index (χ3v) is 8.10. The van der Waals surface area contributed by atoms with Gasteiger partial charge < -0.3 is 9.84 Å². The standard InChI is InChI=1S/C21H21N3O5S2/c1-3-29-16-5-6-18-17(10-16)14(4-8-20(25)26)13-24(18)31(27,28)21-9-7-19(30-21)15-11-22-23(2)12-15/h5-7,9-13H,3-4,8H2,1-2H3,(H,25,26). The lowest BCUT2D eigenvalue weighted by Gasteiger charge is -2.07. The van der Waals surface area contributed by atoms with Crippen molar-refractivity contribution in [1.82, 2.24) is 13.8 Å². The fraction of sp³-hybridized carbons (Fsp3) is 0.238. The van der Waals surface area contributed by atoms with Gasteiger partial charge in [0.1, 0.15) is 9.96 Å². The van der Waals surface area contributed by atoms with Crippen LogP contribution in [-0.4, -0.2) is 39.9 Å². The molecule has 0 saturated carbocycles. The molecule has 8 nitrogen and oxygen atoms in total. The topological polar surface area (TPSA) is 103 Å². The van der Waals surface area contributed by atoms with E-state index in [1.807, 2.05) is 13.1 Å². The number of carboxylic acid groups (broad SMARTS) is 1. The summed E-state index contributed by atoms with van der Waals surface area (Å²) in [4.78, 5) is 11.9. The van der Waals surface area contributed by atoms with Gasteiger partial charge in [0.05, 0.1) is 18.3 Å². The molecule has 0 amide bonds. The van der Waals surface area contributed by atoms with Crippen molar-refractivity contribution in [2.24, 2.45) is 7.05 Å². The van der Waals surface area contributed by atoms with E-state index in [1.165, 1.54) is 21.5 Å². The summed E-state index contributed by atoms with van der Waals surface area (Å²) in [6.07, 6.45) is 5.15. The third kappa shape index (κ3) is 4.08. The lowest BCUT2D eigenvalue weighted by atomic mass is 10.1. The van der Waals surface area contributed by atoms with E-state index in [-0.39, 0.29) is 17.1 Å². The van der Waals surface area contributed by atoms with Crippen LogP contribution in [0.25, 0.3) is 21.3 Å². The van der Waals surface area contributed by atoms with Crippen LogP contribution in [0.1, 0.15) is 18.9 Å². The first-order chi connectivity index (χ1) is 14.8. The molecule has 4 aromatic rings. The number of hydrogen-bond donors (Lipinski definition) is 1. The molecule has 0 fully saturated rings. The van der Waals surface area contributed by atoms with E-state index in [4.69, 9.17) is 9.84 Å². The molecule has 1 N–H and O–H groups in total. The lowest BCUT2D eigenvalue weighted by molar-refractivity contribution is -0.136. The van der Waals surface area contributed by atoms with Crippen molar-refractivity contribution in [2.75, 3.05) is 6.61 Å². The van der Waals surface area contributed by atoms with E-state index in [9.17, 15) is 13.2 Å². The fourth-order valence-electron chi connectivity index (χ4n) is 3.40. The van der Waals surface area contributed by atoms with Crippen LogP contribution in [0.2, 0.25) is 0 Å². The summed E-state index contributed by atoms with van der Waals surface area (Å²) in [5.74, 6) is -0.333. The average Bonchev–Trinajstić information content (AvgIpc) is 3.45. The normalized spacial score (nSPS) is 11.8. The van der Waals surface area contributed by atoms with E-state index in [1.54, 1.807) is 48.3 Å². The van der Waals surface area contributed by atoms with Crippen molar-refractivity contribution in [3.05, 3.63) is 54.5 Å². The number of fused-ring (bicyclic) bond motifs is 1. The maximum atomic E-state index is 13.5. The fourth-order valence-corrected chi connectivity index (χ4v) is 6.16. The Kier molecular flexibility index (Phi) is 5.59. The minimum atomic E-state index is -3.87. The molecule has 0 unspecified atom stereocenters. The summed E-state index contributed by atoms with van der Waals surface area (Å²) in [5, 5.41) is 13.9. The van der Waals surface area contributed by atoms with Gasteiger partial charge in [-0.25, -0.2) is 3.97 Å².